The van der Waals surface area contributed by atoms with Crippen LogP contribution in [0.1, 0.15) is 70.6 Å². The second-order valence-electron chi connectivity index (χ2n) is 8.12. The van der Waals surface area contributed by atoms with Crippen molar-refractivity contribution in [1.82, 2.24) is 5.32 Å². The molecule has 154 valence electrons. The van der Waals surface area contributed by atoms with Gasteiger partial charge in [0.1, 0.15) is 0 Å². The molecule has 0 fully saturated rings. The minimum atomic E-state index is -0.199. The molecule has 0 aromatic carbocycles. The van der Waals surface area contributed by atoms with Crippen LogP contribution < -0.4 is 11.1 Å². The number of carbonyl (C=O) groups is 2. The molecule has 0 saturated heterocycles. The number of nitrogens with zero attached hydrogens (tertiary/aromatic N) is 1. The Labute approximate surface area is 165 Å². The second-order valence-corrected chi connectivity index (χ2v) is 9.35. The van der Waals surface area contributed by atoms with Crippen LogP contribution in [0, 0.1) is 0 Å². The Morgan fingerprint density at radius 2 is 1.38 bits per heavy atom. The minimum absolute atomic E-state index is 0.199. The summed E-state index contributed by atoms with van der Waals surface area (Å²) in [6.07, 6.45) is 12.0. The van der Waals surface area contributed by atoms with E-state index in [0.717, 1.165) is 48.3 Å². The van der Waals surface area contributed by atoms with Crippen molar-refractivity contribution in [2.45, 2.75) is 70.6 Å². The Balaban J connectivity index is 3.21. The molecule has 0 aromatic rings. The Morgan fingerprint density at radius 3 is 1.96 bits per heavy atom. The van der Waals surface area contributed by atoms with E-state index in [1.165, 1.54) is 38.5 Å². The molecule has 0 spiro atoms. The van der Waals surface area contributed by atoms with Crippen LogP contribution in [0.25, 0.3) is 0 Å². The van der Waals surface area contributed by atoms with Gasteiger partial charge in [-0.2, -0.15) is 11.8 Å². The fraction of sp³-hybridized carbons (Fsp3) is 0.900. The number of thioether (sulfide) groups is 1. The van der Waals surface area contributed by atoms with Crippen molar-refractivity contribution in [2.75, 3.05) is 45.7 Å². The van der Waals surface area contributed by atoms with Crippen LogP contribution in [0.2, 0.25) is 0 Å². The summed E-state index contributed by atoms with van der Waals surface area (Å²) in [5, 5.41) is 3.02. The summed E-state index contributed by atoms with van der Waals surface area (Å²) in [4.78, 5) is 22.3. The van der Waals surface area contributed by atoms with Gasteiger partial charge in [-0.25, -0.2) is 0 Å². The number of amides is 2. The third kappa shape index (κ3) is 21.3. The van der Waals surface area contributed by atoms with Crippen molar-refractivity contribution >= 4 is 23.6 Å². The van der Waals surface area contributed by atoms with Crippen LogP contribution in [0.4, 0.5) is 0 Å². The summed E-state index contributed by atoms with van der Waals surface area (Å²) in [7, 11) is 6.52. The van der Waals surface area contributed by atoms with Crippen LogP contribution in [-0.2, 0) is 9.59 Å². The molecule has 0 aromatic heterocycles. The predicted molar refractivity (Wildman–Crippen MR) is 113 cm³/mol. The van der Waals surface area contributed by atoms with Crippen LogP contribution in [0.3, 0.4) is 0 Å². The first-order valence-corrected chi connectivity index (χ1v) is 11.4. The number of carbonyl (C=O) groups excluding carboxylic acids is 2. The fourth-order valence-corrected chi connectivity index (χ4v) is 3.65. The number of primary amides is 1. The summed E-state index contributed by atoms with van der Waals surface area (Å²) >= 11 is 1.83. The highest BCUT2D eigenvalue weighted by molar-refractivity contribution is 7.99. The van der Waals surface area contributed by atoms with Gasteiger partial charge in [0.25, 0.3) is 0 Å². The maximum absolute atomic E-state index is 11.7. The molecule has 0 aliphatic rings. The van der Waals surface area contributed by atoms with Crippen LogP contribution in [0.5, 0.6) is 0 Å². The highest BCUT2D eigenvalue weighted by Crippen LogP contribution is 2.12. The Hall–Kier alpha value is -0.750. The number of quaternary nitrogens is 1. The molecule has 0 atom stereocenters. The van der Waals surface area contributed by atoms with Crippen molar-refractivity contribution in [3.05, 3.63) is 0 Å². The average molecular weight is 389 g/mol. The van der Waals surface area contributed by atoms with Gasteiger partial charge >= 0.3 is 0 Å². The first kappa shape index (κ1) is 25.2. The van der Waals surface area contributed by atoms with Crippen molar-refractivity contribution in [1.29, 1.82) is 0 Å². The molecule has 0 bridgehead atoms. The standard InChI is InChI=1S/C20H41N3O2S/c1-23(2,3)16-12-15-22-20(25)13-10-8-6-4-5-7-9-11-17-26-18-14-19(21)24/h4-18H2,1-3H3,(H2-,21,22,24,25)/p+1. The lowest BCUT2D eigenvalue weighted by molar-refractivity contribution is -0.870. The lowest BCUT2D eigenvalue weighted by Gasteiger charge is -2.23. The third-order valence-electron chi connectivity index (χ3n) is 4.26. The molecule has 3 N–H and O–H groups in total. The number of rotatable bonds is 18. The fourth-order valence-electron chi connectivity index (χ4n) is 2.69. The van der Waals surface area contributed by atoms with E-state index >= 15 is 0 Å². The zero-order valence-electron chi connectivity index (χ0n) is 17.4. The Kier molecular flexibility index (Phi) is 16.0. The predicted octanol–water partition coefficient (Wildman–Crippen LogP) is 3.32. The molecule has 0 aliphatic carbocycles. The molecule has 0 rings (SSSR count). The van der Waals surface area contributed by atoms with E-state index in [9.17, 15) is 9.59 Å². The van der Waals surface area contributed by atoms with Crippen LogP contribution in [0.15, 0.2) is 0 Å². The highest BCUT2D eigenvalue weighted by Gasteiger charge is 2.06. The van der Waals surface area contributed by atoms with E-state index < -0.39 is 0 Å². The number of hydrogen-bond acceptors (Lipinski definition) is 3. The molecule has 0 heterocycles. The van der Waals surface area contributed by atoms with E-state index in [2.05, 4.69) is 26.5 Å². The molecule has 0 saturated carbocycles. The van der Waals surface area contributed by atoms with Gasteiger partial charge in [0, 0.05) is 31.6 Å². The second kappa shape index (κ2) is 16.4. The van der Waals surface area contributed by atoms with Gasteiger partial charge in [-0.05, 0) is 18.6 Å². The van der Waals surface area contributed by atoms with Gasteiger partial charge < -0.3 is 15.5 Å². The topological polar surface area (TPSA) is 72.2 Å². The van der Waals surface area contributed by atoms with E-state index in [0.29, 0.717) is 12.8 Å². The molecular formula is C20H42N3O2S+. The van der Waals surface area contributed by atoms with Crippen molar-refractivity contribution < 1.29 is 14.1 Å². The molecule has 26 heavy (non-hydrogen) atoms. The monoisotopic (exact) mass is 388 g/mol. The first-order valence-electron chi connectivity index (χ1n) is 10.2. The van der Waals surface area contributed by atoms with E-state index in [1.807, 2.05) is 11.8 Å². The molecule has 5 nitrogen and oxygen atoms in total. The summed E-state index contributed by atoms with van der Waals surface area (Å²) in [5.74, 6) is 2.01. The SMILES string of the molecule is C[N+](C)(C)CCCNC(=O)CCCCCCCCCCSCCC(N)=O. The summed E-state index contributed by atoms with van der Waals surface area (Å²) in [6.45, 7) is 1.89. The van der Waals surface area contributed by atoms with E-state index in [-0.39, 0.29) is 11.8 Å². The number of hydrogen-bond donors (Lipinski definition) is 2. The molecular weight excluding hydrogens is 346 g/mol. The summed E-state index contributed by atoms with van der Waals surface area (Å²) in [6, 6.07) is 0. The van der Waals surface area contributed by atoms with Gasteiger partial charge in [0.15, 0.2) is 0 Å². The maximum atomic E-state index is 11.7. The number of nitrogens with one attached hydrogen (secondary N) is 1. The van der Waals surface area contributed by atoms with Gasteiger partial charge in [-0.15, -0.1) is 0 Å². The van der Waals surface area contributed by atoms with Crippen molar-refractivity contribution in [3.8, 4) is 0 Å². The maximum Gasteiger partial charge on any atom is 0.219 e. The molecule has 6 heteroatoms. The quantitative estimate of drug-likeness (QED) is 0.279. The van der Waals surface area contributed by atoms with Crippen molar-refractivity contribution in [2.24, 2.45) is 5.73 Å². The largest absolute Gasteiger partial charge is 0.370 e. The Morgan fingerprint density at radius 1 is 0.808 bits per heavy atom. The summed E-state index contributed by atoms with van der Waals surface area (Å²) < 4.78 is 0.948. The molecule has 0 aliphatic heterocycles. The number of nitrogens with two attached hydrogens (primary N) is 1. The van der Waals surface area contributed by atoms with Crippen molar-refractivity contribution in [3.63, 3.8) is 0 Å². The third-order valence-corrected chi connectivity index (χ3v) is 5.33. The molecule has 0 radical (unpaired) electrons. The van der Waals surface area contributed by atoms with Gasteiger partial charge in [0.05, 0.1) is 27.7 Å². The lowest BCUT2D eigenvalue weighted by Crippen LogP contribution is -2.37. The average Bonchev–Trinajstić information content (AvgIpc) is 2.54. The smallest absolute Gasteiger partial charge is 0.219 e. The van der Waals surface area contributed by atoms with Gasteiger partial charge in [-0.3, -0.25) is 9.59 Å². The van der Waals surface area contributed by atoms with Gasteiger partial charge in [0.2, 0.25) is 11.8 Å². The van der Waals surface area contributed by atoms with E-state index in [4.69, 9.17) is 5.73 Å². The zero-order valence-corrected chi connectivity index (χ0v) is 18.2. The minimum Gasteiger partial charge on any atom is -0.370 e. The molecule has 2 amide bonds. The Bertz CT molecular complexity index is 371. The highest BCUT2D eigenvalue weighted by atomic mass is 32.2. The van der Waals surface area contributed by atoms with Gasteiger partial charge in [-0.1, -0.05) is 38.5 Å². The number of unbranched alkanes of at least 4 members (excludes halogenated alkanes) is 7. The lowest BCUT2D eigenvalue weighted by atomic mass is 10.1. The first-order chi connectivity index (χ1) is 12.3. The van der Waals surface area contributed by atoms with Crippen LogP contribution >= 0.6 is 11.8 Å². The van der Waals surface area contributed by atoms with E-state index in [1.54, 1.807) is 0 Å². The zero-order chi connectivity index (χ0) is 19.7. The summed E-state index contributed by atoms with van der Waals surface area (Å²) in [5.41, 5.74) is 5.11. The van der Waals surface area contributed by atoms with Crippen LogP contribution in [-0.4, -0.2) is 62.0 Å². The molecule has 0 unspecified atom stereocenters. The normalized spacial score (nSPS) is 11.5.